The van der Waals surface area contributed by atoms with Crippen molar-refractivity contribution in [2.45, 2.75) is 32.6 Å². The van der Waals surface area contributed by atoms with Gasteiger partial charge >= 0.3 is 0 Å². The molecule has 0 aromatic heterocycles. The molecule has 2 rings (SSSR count). The Morgan fingerprint density at radius 2 is 1.73 bits per heavy atom. The summed E-state index contributed by atoms with van der Waals surface area (Å²) in [5, 5.41) is 6.08. The smallest absolute Gasteiger partial charge is 0.242 e. The van der Waals surface area contributed by atoms with Gasteiger partial charge in [0.05, 0.1) is 5.69 Å². The Bertz CT molecular complexity index is 552. The van der Waals surface area contributed by atoms with Crippen LogP contribution in [0.4, 0.5) is 5.69 Å². The molecule has 0 spiro atoms. The van der Waals surface area contributed by atoms with E-state index in [9.17, 15) is 9.59 Å². The molecule has 0 unspecified atom stereocenters. The van der Waals surface area contributed by atoms with E-state index in [0.717, 1.165) is 12.8 Å². The standard InChI is InChI=1S/C16H20BrN3O2/c1-2-3-9-16(10-11-17)13(21)19-15(20-14(16)22)18-12-7-5-4-6-8-12/h4-8H,2-3,9-11H2,1H3,(H2,18,19,20,21,22). The number of benzene rings is 1. The average molecular weight is 366 g/mol. The number of unbranched alkanes of at least 4 members (excludes halogenated alkanes) is 1. The number of guanidine groups is 1. The fourth-order valence-corrected chi connectivity index (χ4v) is 3.17. The second-order valence-corrected chi connectivity index (χ2v) is 6.12. The summed E-state index contributed by atoms with van der Waals surface area (Å²) in [5.41, 5.74) is -0.325. The molecule has 0 atom stereocenters. The van der Waals surface area contributed by atoms with Crippen LogP contribution in [-0.4, -0.2) is 23.1 Å². The lowest BCUT2D eigenvalue weighted by Crippen LogP contribution is -2.63. The fourth-order valence-electron chi connectivity index (χ4n) is 2.50. The first-order valence-electron chi connectivity index (χ1n) is 7.45. The van der Waals surface area contributed by atoms with Crippen molar-refractivity contribution in [2.75, 3.05) is 5.33 Å². The molecular weight excluding hydrogens is 346 g/mol. The van der Waals surface area contributed by atoms with Gasteiger partial charge in [-0.15, -0.1) is 0 Å². The third kappa shape index (κ3) is 3.55. The lowest BCUT2D eigenvalue weighted by atomic mass is 9.77. The maximum atomic E-state index is 12.5. The molecule has 1 aliphatic rings. The fraction of sp³-hybridized carbons (Fsp3) is 0.438. The van der Waals surface area contributed by atoms with Crippen LogP contribution in [0.2, 0.25) is 0 Å². The summed E-state index contributed by atoms with van der Waals surface area (Å²) in [5.74, 6) is -0.333. The molecule has 0 aliphatic carbocycles. The highest BCUT2D eigenvalue weighted by atomic mass is 79.9. The Morgan fingerprint density at radius 3 is 2.27 bits per heavy atom. The summed E-state index contributed by atoms with van der Waals surface area (Å²) < 4.78 is 0. The van der Waals surface area contributed by atoms with Gasteiger partial charge in [0, 0.05) is 5.33 Å². The van der Waals surface area contributed by atoms with Crippen molar-refractivity contribution >= 4 is 39.4 Å². The van der Waals surface area contributed by atoms with Gasteiger partial charge in [-0.2, -0.15) is 0 Å². The highest BCUT2D eigenvalue weighted by Gasteiger charge is 2.48. The summed E-state index contributed by atoms with van der Waals surface area (Å²) in [4.78, 5) is 29.4. The molecule has 6 heteroatoms. The Hall–Kier alpha value is -1.69. The summed E-state index contributed by atoms with van der Waals surface area (Å²) >= 11 is 3.35. The summed E-state index contributed by atoms with van der Waals surface area (Å²) in [6.45, 7) is 2.04. The van der Waals surface area contributed by atoms with E-state index < -0.39 is 5.41 Å². The molecule has 1 aromatic carbocycles. The molecule has 0 radical (unpaired) electrons. The number of alkyl halides is 1. The highest BCUT2D eigenvalue weighted by molar-refractivity contribution is 9.09. The third-order valence-corrected chi connectivity index (χ3v) is 4.21. The average Bonchev–Trinajstić information content (AvgIpc) is 2.51. The lowest BCUT2D eigenvalue weighted by molar-refractivity contribution is -0.144. The first kappa shape index (κ1) is 16.7. The van der Waals surface area contributed by atoms with Crippen molar-refractivity contribution in [3.8, 4) is 0 Å². The van der Waals surface area contributed by atoms with Crippen LogP contribution in [0.5, 0.6) is 0 Å². The monoisotopic (exact) mass is 365 g/mol. The number of hydrogen-bond donors (Lipinski definition) is 2. The number of carbonyl (C=O) groups excluding carboxylic acids is 2. The Kier molecular flexibility index (Phi) is 5.71. The van der Waals surface area contributed by atoms with Gasteiger partial charge in [0.25, 0.3) is 0 Å². The maximum Gasteiger partial charge on any atom is 0.242 e. The van der Waals surface area contributed by atoms with Crippen LogP contribution in [0.3, 0.4) is 0 Å². The minimum atomic E-state index is -1.00. The number of nitrogens with one attached hydrogen (secondary N) is 2. The highest BCUT2D eigenvalue weighted by Crippen LogP contribution is 2.32. The molecule has 1 heterocycles. The second-order valence-electron chi connectivity index (χ2n) is 5.33. The number of halogens is 1. The van der Waals surface area contributed by atoms with E-state index in [-0.39, 0.29) is 17.8 Å². The molecule has 5 nitrogen and oxygen atoms in total. The molecule has 1 fully saturated rings. The zero-order valence-electron chi connectivity index (χ0n) is 12.6. The zero-order valence-corrected chi connectivity index (χ0v) is 14.1. The number of carbonyl (C=O) groups is 2. The van der Waals surface area contributed by atoms with Crippen molar-refractivity contribution in [3.63, 3.8) is 0 Å². The number of para-hydroxylation sites is 1. The van der Waals surface area contributed by atoms with Crippen molar-refractivity contribution in [3.05, 3.63) is 30.3 Å². The Morgan fingerprint density at radius 1 is 1.09 bits per heavy atom. The summed E-state index contributed by atoms with van der Waals surface area (Å²) in [6, 6.07) is 9.20. The van der Waals surface area contributed by atoms with Gasteiger partial charge < -0.3 is 0 Å². The van der Waals surface area contributed by atoms with Gasteiger partial charge in [0.15, 0.2) is 0 Å². The topological polar surface area (TPSA) is 70.6 Å². The zero-order chi connectivity index (χ0) is 16.0. The van der Waals surface area contributed by atoms with Crippen LogP contribution in [-0.2, 0) is 9.59 Å². The molecule has 22 heavy (non-hydrogen) atoms. The molecular formula is C16H20BrN3O2. The first-order chi connectivity index (χ1) is 10.6. The Labute approximate surface area is 138 Å². The van der Waals surface area contributed by atoms with E-state index in [1.54, 1.807) is 0 Å². The van der Waals surface area contributed by atoms with Crippen molar-refractivity contribution in [1.29, 1.82) is 0 Å². The summed E-state index contributed by atoms with van der Waals surface area (Å²) in [7, 11) is 0. The molecule has 0 saturated carbocycles. The van der Waals surface area contributed by atoms with E-state index in [2.05, 4.69) is 31.6 Å². The number of amides is 2. The van der Waals surface area contributed by atoms with Crippen LogP contribution >= 0.6 is 15.9 Å². The molecule has 1 aromatic rings. The number of rotatable bonds is 6. The van der Waals surface area contributed by atoms with E-state index >= 15 is 0 Å². The number of aliphatic imine (C=N–C) groups is 1. The molecule has 1 aliphatic heterocycles. The van der Waals surface area contributed by atoms with Crippen LogP contribution in [0.15, 0.2) is 35.3 Å². The van der Waals surface area contributed by atoms with E-state index in [0.29, 0.717) is 23.9 Å². The first-order valence-corrected chi connectivity index (χ1v) is 8.57. The van der Waals surface area contributed by atoms with Gasteiger partial charge in [-0.25, -0.2) is 4.99 Å². The number of hydrogen-bond acceptors (Lipinski definition) is 3. The van der Waals surface area contributed by atoms with Crippen LogP contribution in [0, 0.1) is 5.41 Å². The SMILES string of the molecule is CCCCC1(CCBr)C(=O)NC(=Nc2ccccc2)NC1=O. The van der Waals surface area contributed by atoms with Crippen molar-refractivity contribution in [1.82, 2.24) is 10.6 Å². The minimum Gasteiger partial charge on any atom is -0.295 e. The van der Waals surface area contributed by atoms with Crippen LogP contribution in [0.1, 0.15) is 32.6 Å². The second kappa shape index (κ2) is 7.54. The number of nitrogens with zero attached hydrogens (tertiary/aromatic N) is 1. The largest absolute Gasteiger partial charge is 0.295 e. The van der Waals surface area contributed by atoms with Crippen LogP contribution < -0.4 is 10.6 Å². The van der Waals surface area contributed by atoms with Gasteiger partial charge in [-0.1, -0.05) is 53.9 Å². The van der Waals surface area contributed by atoms with Crippen molar-refractivity contribution in [2.24, 2.45) is 10.4 Å². The molecule has 118 valence electrons. The van der Waals surface area contributed by atoms with E-state index in [1.165, 1.54) is 0 Å². The lowest BCUT2D eigenvalue weighted by Gasteiger charge is -2.35. The van der Waals surface area contributed by atoms with E-state index in [4.69, 9.17) is 0 Å². The van der Waals surface area contributed by atoms with Gasteiger partial charge in [0.2, 0.25) is 17.8 Å². The molecule has 2 amide bonds. The summed E-state index contributed by atoms with van der Waals surface area (Å²) in [6.07, 6.45) is 2.79. The van der Waals surface area contributed by atoms with E-state index in [1.807, 2.05) is 37.3 Å². The Balaban J connectivity index is 2.22. The molecule has 0 bridgehead atoms. The molecule has 1 saturated heterocycles. The normalized spacial score (nSPS) is 21.3. The quantitative estimate of drug-likeness (QED) is 0.600. The van der Waals surface area contributed by atoms with Gasteiger partial charge in [0.1, 0.15) is 5.41 Å². The predicted molar refractivity (Wildman–Crippen MR) is 90.2 cm³/mol. The van der Waals surface area contributed by atoms with Crippen molar-refractivity contribution < 1.29 is 9.59 Å². The maximum absolute atomic E-state index is 12.5. The third-order valence-electron chi connectivity index (χ3n) is 3.81. The van der Waals surface area contributed by atoms with Crippen LogP contribution in [0.25, 0.3) is 0 Å². The van der Waals surface area contributed by atoms with Gasteiger partial charge in [-0.3, -0.25) is 20.2 Å². The predicted octanol–water partition coefficient (Wildman–Crippen LogP) is 2.88. The van der Waals surface area contributed by atoms with Gasteiger partial charge in [-0.05, 0) is 25.0 Å². The minimum absolute atomic E-state index is 0.197. The molecule has 2 N–H and O–H groups in total.